The Labute approximate surface area is 125 Å². The smallest absolute Gasteiger partial charge is 0.253 e. The van der Waals surface area contributed by atoms with Crippen LogP contribution in [0.5, 0.6) is 0 Å². The van der Waals surface area contributed by atoms with Crippen molar-refractivity contribution in [2.45, 2.75) is 43.9 Å². The van der Waals surface area contributed by atoms with E-state index < -0.39 is 0 Å². The van der Waals surface area contributed by atoms with Crippen LogP contribution in [0, 0.1) is 0 Å². The Bertz CT molecular complexity index is 452. The van der Waals surface area contributed by atoms with Crippen LogP contribution in [-0.2, 0) is 0 Å². The van der Waals surface area contributed by atoms with Gasteiger partial charge in [-0.3, -0.25) is 9.78 Å². The zero-order valence-corrected chi connectivity index (χ0v) is 13.0. The van der Waals surface area contributed by atoms with E-state index in [1.165, 1.54) is 6.42 Å². The minimum absolute atomic E-state index is 0.0118. The lowest BCUT2D eigenvalue weighted by molar-refractivity contribution is 0.0938. The van der Waals surface area contributed by atoms with Gasteiger partial charge in [0.05, 0.1) is 17.4 Å². The van der Waals surface area contributed by atoms with Gasteiger partial charge in [0, 0.05) is 24.0 Å². The number of aromatic nitrogens is 1. The average Bonchev–Trinajstić information content (AvgIpc) is 2.93. The molecule has 1 amide bonds. The Morgan fingerprint density at radius 3 is 3.05 bits per heavy atom. The van der Waals surface area contributed by atoms with E-state index in [-0.39, 0.29) is 5.91 Å². The molecule has 0 radical (unpaired) electrons. The summed E-state index contributed by atoms with van der Waals surface area (Å²) in [6.45, 7) is 2.95. The number of rotatable bonds is 6. The molecule has 1 aliphatic rings. The van der Waals surface area contributed by atoms with Gasteiger partial charge in [-0.25, -0.2) is 0 Å². The zero-order valence-electron chi connectivity index (χ0n) is 12.2. The summed E-state index contributed by atoms with van der Waals surface area (Å²) in [5.74, 6) is 0.0118. The molecule has 1 heterocycles. The van der Waals surface area contributed by atoms with Crippen molar-refractivity contribution in [3.05, 3.63) is 24.0 Å². The molecular weight excluding hydrogens is 270 g/mol. The summed E-state index contributed by atoms with van der Waals surface area (Å²) in [5, 5.41) is 7.11. The molecule has 2 atom stereocenters. The van der Waals surface area contributed by atoms with E-state index in [9.17, 15) is 4.79 Å². The minimum atomic E-state index is 0.0118. The van der Waals surface area contributed by atoms with Crippen LogP contribution in [-0.4, -0.2) is 35.0 Å². The van der Waals surface area contributed by atoms with Gasteiger partial charge in [-0.1, -0.05) is 6.92 Å². The fourth-order valence-corrected chi connectivity index (χ4v) is 3.34. The predicted octanol–water partition coefficient (Wildman–Crippen LogP) is 2.92. The molecule has 0 saturated heterocycles. The molecule has 1 aliphatic carbocycles. The first-order valence-corrected chi connectivity index (χ1v) is 8.55. The Hall–Kier alpha value is -1.23. The van der Waals surface area contributed by atoms with Crippen molar-refractivity contribution in [1.29, 1.82) is 0 Å². The fourth-order valence-electron chi connectivity index (χ4n) is 2.54. The monoisotopic (exact) mass is 293 g/mol. The maximum absolute atomic E-state index is 12.4. The lowest BCUT2D eigenvalue weighted by Crippen LogP contribution is -2.33. The van der Waals surface area contributed by atoms with Gasteiger partial charge in [0.15, 0.2) is 0 Å². The molecule has 0 aliphatic heterocycles. The number of anilines is 1. The molecule has 2 N–H and O–H groups in total. The normalized spacial score (nSPS) is 21.7. The number of hydrogen-bond donors (Lipinski definition) is 2. The number of carbonyl (C=O) groups is 1. The lowest BCUT2D eigenvalue weighted by Gasteiger charge is -2.15. The molecule has 2 rings (SSSR count). The standard InChI is InChI=1S/C15H23N3OS/c1-3-7-17-14-10-16-8-6-13(14)15(19)18-11-4-5-12(9-11)20-2/h6,8,10-12,17H,3-5,7,9H2,1-2H3,(H,18,19). The molecule has 1 aromatic rings. The molecule has 0 aromatic carbocycles. The second kappa shape index (κ2) is 7.53. The predicted molar refractivity (Wildman–Crippen MR) is 85.4 cm³/mol. The number of amides is 1. The SMILES string of the molecule is CCCNc1cnccc1C(=O)NC1CCC(SC)C1. The Morgan fingerprint density at radius 2 is 2.35 bits per heavy atom. The molecule has 4 nitrogen and oxygen atoms in total. The third-order valence-electron chi connectivity index (χ3n) is 3.68. The van der Waals surface area contributed by atoms with Gasteiger partial charge in [0.25, 0.3) is 5.91 Å². The fraction of sp³-hybridized carbons (Fsp3) is 0.600. The summed E-state index contributed by atoms with van der Waals surface area (Å²) in [6, 6.07) is 2.10. The molecule has 0 spiro atoms. The maximum atomic E-state index is 12.4. The summed E-state index contributed by atoms with van der Waals surface area (Å²) in [5.41, 5.74) is 1.52. The van der Waals surface area contributed by atoms with Crippen molar-refractivity contribution in [3.63, 3.8) is 0 Å². The van der Waals surface area contributed by atoms with Gasteiger partial charge in [-0.2, -0.15) is 11.8 Å². The third kappa shape index (κ3) is 3.88. The molecule has 2 unspecified atom stereocenters. The van der Waals surface area contributed by atoms with Crippen LogP contribution >= 0.6 is 11.8 Å². The number of thioether (sulfide) groups is 1. The summed E-state index contributed by atoms with van der Waals surface area (Å²) in [7, 11) is 0. The van der Waals surface area contributed by atoms with E-state index in [1.54, 1.807) is 18.5 Å². The molecule has 20 heavy (non-hydrogen) atoms. The van der Waals surface area contributed by atoms with Gasteiger partial charge >= 0.3 is 0 Å². The first-order chi connectivity index (χ1) is 9.74. The molecular formula is C15H23N3OS. The Morgan fingerprint density at radius 1 is 1.50 bits per heavy atom. The summed E-state index contributed by atoms with van der Waals surface area (Å²) in [4.78, 5) is 16.5. The van der Waals surface area contributed by atoms with Crippen molar-refractivity contribution in [3.8, 4) is 0 Å². The largest absolute Gasteiger partial charge is 0.383 e. The van der Waals surface area contributed by atoms with E-state index in [0.717, 1.165) is 31.5 Å². The molecule has 1 saturated carbocycles. The van der Waals surface area contributed by atoms with E-state index >= 15 is 0 Å². The van der Waals surface area contributed by atoms with Gasteiger partial charge in [-0.15, -0.1) is 0 Å². The van der Waals surface area contributed by atoms with Gasteiger partial charge in [0.2, 0.25) is 0 Å². The van der Waals surface area contributed by atoms with E-state index in [4.69, 9.17) is 0 Å². The van der Waals surface area contributed by atoms with E-state index in [2.05, 4.69) is 28.8 Å². The van der Waals surface area contributed by atoms with Gasteiger partial charge in [-0.05, 0) is 38.0 Å². The maximum Gasteiger partial charge on any atom is 0.253 e. The van der Waals surface area contributed by atoms with Crippen molar-refractivity contribution in [2.75, 3.05) is 18.1 Å². The van der Waals surface area contributed by atoms with Crippen molar-refractivity contribution >= 4 is 23.4 Å². The highest BCUT2D eigenvalue weighted by Crippen LogP contribution is 2.28. The first-order valence-electron chi connectivity index (χ1n) is 7.26. The second-order valence-electron chi connectivity index (χ2n) is 5.19. The van der Waals surface area contributed by atoms with Crippen LogP contribution < -0.4 is 10.6 Å². The molecule has 5 heteroatoms. The van der Waals surface area contributed by atoms with Crippen LogP contribution in [0.25, 0.3) is 0 Å². The van der Waals surface area contributed by atoms with Crippen LogP contribution in [0.15, 0.2) is 18.5 Å². The van der Waals surface area contributed by atoms with Gasteiger partial charge in [0.1, 0.15) is 0 Å². The van der Waals surface area contributed by atoms with Crippen LogP contribution in [0.1, 0.15) is 43.0 Å². The van der Waals surface area contributed by atoms with E-state index in [0.29, 0.717) is 16.9 Å². The number of hydrogen-bond acceptors (Lipinski definition) is 4. The zero-order chi connectivity index (χ0) is 14.4. The van der Waals surface area contributed by atoms with Crippen LogP contribution in [0.3, 0.4) is 0 Å². The highest BCUT2D eigenvalue weighted by Gasteiger charge is 2.26. The highest BCUT2D eigenvalue weighted by atomic mass is 32.2. The van der Waals surface area contributed by atoms with E-state index in [1.807, 2.05) is 11.8 Å². The molecule has 1 fully saturated rings. The molecule has 1 aromatic heterocycles. The van der Waals surface area contributed by atoms with Crippen molar-refractivity contribution in [1.82, 2.24) is 10.3 Å². The van der Waals surface area contributed by atoms with Gasteiger partial charge < -0.3 is 10.6 Å². The number of carbonyl (C=O) groups excluding carboxylic acids is 1. The highest BCUT2D eigenvalue weighted by molar-refractivity contribution is 7.99. The summed E-state index contributed by atoms with van der Waals surface area (Å²) < 4.78 is 0. The lowest BCUT2D eigenvalue weighted by atomic mass is 10.1. The summed E-state index contributed by atoms with van der Waals surface area (Å²) >= 11 is 1.90. The first kappa shape index (κ1) is 15.2. The number of nitrogens with zero attached hydrogens (tertiary/aromatic N) is 1. The Kier molecular flexibility index (Phi) is 5.71. The van der Waals surface area contributed by atoms with Crippen LogP contribution in [0.2, 0.25) is 0 Å². The molecule has 110 valence electrons. The topological polar surface area (TPSA) is 54.0 Å². The number of nitrogens with one attached hydrogen (secondary N) is 2. The van der Waals surface area contributed by atoms with Crippen molar-refractivity contribution < 1.29 is 4.79 Å². The Balaban J connectivity index is 1.98. The average molecular weight is 293 g/mol. The third-order valence-corrected chi connectivity index (χ3v) is 4.78. The van der Waals surface area contributed by atoms with Crippen LogP contribution in [0.4, 0.5) is 5.69 Å². The summed E-state index contributed by atoms with van der Waals surface area (Å²) in [6.07, 6.45) is 9.92. The second-order valence-corrected chi connectivity index (χ2v) is 6.33. The quantitative estimate of drug-likeness (QED) is 0.847. The molecule has 0 bridgehead atoms. The van der Waals surface area contributed by atoms with Crippen molar-refractivity contribution in [2.24, 2.45) is 0 Å². The minimum Gasteiger partial charge on any atom is -0.383 e. The number of pyridine rings is 1.